The molecular weight excluding hydrogens is 378 g/mol. The van der Waals surface area contributed by atoms with E-state index in [2.05, 4.69) is 9.62 Å². The molecule has 0 amide bonds. The van der Waals surface area contributed by atoms with Crippen molar-refractivity contribution >= 4 is 20.0 Å². The number of nitrogens with zero attached hydrogens (tertiary/aromatic N) is 2. The van der Waals surface area contributed by atoms with Crippen molar-refractivity contribution in [3.05, 3.63) is 17.9 Å². The van der Waals surface area contributed by atoms with Crippen LogP contribution in [0.5, 0.6) is 0 Å². The zero-order valence-electron chi connectivity index (χ0n) is 15.1. The average molecular weight is 406 g/mol. The van der Waals surface area contributed by atoms with Crippen LogP contribution in [0.4, 0.5) is 0 Å². The third-order valence-corrected chi connectivity index (χ3v) is 7.45. The topological polar surface area (TPSA) is 99.9 Å². The molecule has 0 spiro atoms. The minimum absolute atomic E-state index is 0.00257. The predicted octanol–water partition coefficient (Wildman–Crippen LogP) is 0.968. The predicted molar refractivity (Wildman–Crippen MR) is 97.6 cm³/mol. The Kier molecular flexibility index (Phi) is 6.07. The Labute approximate surface area is 155 Å². The Morgan fingerprint density at radius 3 is 2.46 bits per heavy atom. The number of furan rings is 1. The van der Waals surface area contributed by atoms with Gasteiger partial charge in [-0.05, 0) is 44.4 Å². The van der Waals surface area contributed by atoms with Gasteiger partial charge in [-0.25, -0.2) is 21.6 Å². The molecule has 1 atom stereocenters. The van der Waals surface area contributed by atoms with Crippen LogP contribution in [0, 0.1) is 0 Å². The maximum absolute atomic E-state index is 12.6. The quantitative estimate of drug-likeness (QED) is 0.726. The van der Waals surface area contributed by atoms with E-state index in [1.165, 1.54) is 10.4 Å². The van der Waals surface area contributed by atoms with Gasteiger partial charge in [0.15, 0.2) is 0 Å². The van der Waals surface area contributed by atoms with Gasteiger partial charge in [-0.2, -0.15) is 4.31 Å². The number of hydrogen-bond acceptors (Lipinski definition) is 6. The standard InChI is InChI=1S/C16H27N3O5S2/c1-25(20,21)17-12-14-6-2-3-9-18(14)13-15-7-8-16(24-15)26(22,23)19-10-4-5-11-19/h7-8,14,17H,2-6,9-13H2,1H3/t14-/m1/s1. The van der Waals surface area contributed by atoms with E-state index < -0.39 is 20.0 Å². The van der Waals surface area contributed by atoms with Crippen molar-refractivity contribution in [1.29, 1.82) is 0 Å². The van der Waals surface area contributed by atoms with E-state index in [0.29, 0.717) is 31.9 Å². The molecule has 1 aromatic heterocycles. The third kappa shape index (κ3) is 4.86. The molecule has 2 aliphatic rings. The highest BCUT2D eigenvalue weighted by molar-refractivity contribution is 7.89. The van der Waals surface area contributed by atoms with E-state index in [4.69, 9.17) is 4.42 Å². The SMILES string of the molecule is CS(=O)(=O)NC[C@H]1CCCCN1Cc1ccc(S(=O)(=O)N2CCCC2)o1. The second-order valence-electron chi connectivity index (χ2n) is 7.07. The minimum Gasteiger partial charge on any atom is -0.447 e. The van der Waals surface area contributed by atoms with Crippen LogP contribution in [0.15, 0.2) is 21.6 Å². The van der Waals surface area contributed by atoms with Crippen molar-refractivity contribution < 1.29 is 21.3 Å². The largest absolute Gasteiger partial charge is 0.447 e. The van der Waals surface area contributed by atoms with Gasteiger partial charge in [0, 0.05) is 25.7 Å². The highest BCUT2D eigenvalue weighted by atomic mass is 32.2. The van der Waals surface area contributed by atoms with Crippen molar-refractivity contribution in [1.82, 2.24) is 13.9 Å². The molecule has 0 aromatic carbocycles. The minimum atomic E-state index is -3.55. The lowest BCUT2D eigenvalue weighted by atomic mass is 10.0. The lowest BCUT2D eigenvalue weighted by Crippen LogP contribution is -2.45. The molecule has 0 aliphatic carbocycles. The Morgan fingerprint density at radius 1 is 1.08 bits per heavy atom. The van der Waals surface area contributed by atoms with Crippen LogP contribution in [0.2, 0.25) is 0 Å². The highest BCUT2D eigenvalue weighted by Crippen LogP contribution is 2.25. The average Bonchev–Trinajstić information content (AvgIpc) is 3.25. The first-order valence-electron chi connectivity index (χ1n) is 9.03. The molecule has 10 heteroatoms. The van der Waals surface area contributed by atoms with Gasteiger partial charge in [-0.15, -0.1) is 0 Å². The maximum atomic E-state index is 12.6. The Balaban J connectivity index is 1.67. The van der Waals surface area contributed by atoms with Crippen molar-refractivity contribution in [2.45, 2.75) is 49.8 Å². The first kappa shape index (κ1) is 19.8. The lowest BCUT2D eigenvalue weighted by Gasteiger charge is -2.35. The second-order valence-corrected chi connectivity index (χ2v) is 10.8. The highest BCUT2D eigenvalue weighted by Gasteiger charge is 2.31. The Bertz CT molecular complexity index is 813. The number of piperidine rings is 1. The summed E-state index contributed by atoms with van der Waals surface area (Å²) in [5, 5.41) is -0.00257. The fraction of sp³-hybridized carbons (Fsp3) is 0.750. The summed E-state index contributed by atoms with van der Waals surface area (Å²) in [5.41, 5.74) is 0. The summed E-state index contributed by atoms with van der Waals surface area (Å²) in [6.45, 7) is 2.77. The molecule has 2 fully saturated rings. The van der Waals surface area contributed by atoms with Crippen LogP contribution < -0.4 is 4.72 Å². The smallest absolute Gasteiger partial charge is 0.276 e. The van der Waals surface area contributed by atoms with Crippen molar-refractivity contribution in [2.75, 3.05) is 32.4 Å². The summed E-state index contributed by atoms with van der Waals surface area (Å²) in [6, 6.07) is 3.32. The molecule has 148 valence electrons. The molecule has 26 heavy (non-hydrogen) atoms. The Hall–Kier alpha value is -0.940. The fourth-order valence-electron chi connectivity index (χ4n) is 3.58. The summed E-state index contributed by atoms with van der Waals surface area (Å²) >= 11 is 0. The van der Waals surface area contributed by atoms with Gasteiger partial charge in [0.05, 0.1) is 12.8 Å². The van der Waals surface area contributed by atoms with Crippen LogP contribution in [-0.4, -0.2) is 64.5 Å². The van der Waals surface area contributed by atoms with Gasteiger partial charge in [0.25, 0.3) is 10.0 Å². The maximum Gasteiger partial charge on any atom is 0.276 e. The summed E-state index contributed by atoms with van der Waals surface area (Å²) in [5.74, 6) is 0.592. The summed E-state index contributed by atoms with van der Waals surface area (Å²) in [7, 11) is -6.77. The number of rotatable bonds is 7. The fourth-order valence-corrected chi connectivity index (χ4v) is 5.53. The summed E-state index contributed by atoms with van der Waals surface area (Å²) < 4.78 is 57.5. The van der Waals surface area contributed by atoms with Gasteiger partial charge >= 0.3 is 0 Å². The molecule has 2 saturated heterocycles. The summed E-state index contributed by atoms with van der Waals surface area (Å²) in [6.07, 6.45) is 5.92. The number of nitrogens with one attached hydrogen (secondary N) is 1. The van der Waals surface area contributed by atoms with Crippen molar-refractivity contribution in [3.8, 4) is 0 Å². The number of hydrogen-bond donors (Lipinski definition) is 1. The molecule has 3 heterocycles. The van der Waals surface area contributed by atoms with Crippen LogP contribution in [-0.2, 0) is 26.6 Å². The third-order valence-electron chi connectivity index (χ3n) is 4.99. The molecule has 0 radical (unpaired) electrons. The molecule has 8 nitrogen and oxygen atoms in total. The van der Waals surface area contributed by atoms with Crippen LogP contribution in [0.1, 0.15) is 37.9 Å². The van der Waals surface area contributed by atoms with Gasteiger partial charge in [0.2, 0.25) is 15.1 Å². The molecule has 0 unspecified atom stereocenters. The van der Waals surface area contributed by atoms with Crippen LogP contribution >= 0.6 is 0 Å². The van der Waals surface area contributed by atoms with E-state index in [1.54, 1.807) is 6.07 Å². The normalized spacial score (nSPS) is 23.5. The summed E-state index contributed by atoms with van der Waals surface area (Å²) in [4.78, 5) is 2.16. The van der Waals surface area contributed by atoms with Gasteiger partial charge in [0.1, 0.15) is 5.76 Å². The monoisotopic (exact) mass is 405 g/mol. The molecule has 0 saturated carbocycles. The lowest BCUT2D eigenvalue weighted by molar-refractivity contribution is 0.129. The molecular formula is C16H27N3O5S2. The van der Waals surface area contributed by atoms with Crippen molar-refractivity contribution in [3.63, 3.8) is 0 Å². The molecule has 3 rings (SSSR count). The molecule has 1 aromatic rings. The first-order chi connectivity index (χ1) is 12.3. The molecule has 0 bridgehead atoms. The van der Waals surface area contributed by atoms with E-state index in [1.807, 2.05) is 0 Å². The van der Waals surface area contributed by atoms with Gasteiger partial charge < -0.3 is 4.42 Å². The van der Waals surface area contributed by atoms with Gasteiger partial charge in [-0.3, -0.25) is 4.90 Å². The zero-order valence-corrected chi connectivity index (χ0v) is 16.7. The van der Waals surface area contributed by atoms with E-state index in [-0.39, 0.29) is 11.1 Å². The van der Waals surface area contributed by atoms with Gasteiger partial charge in [-0.1, -0.05) is 6.42 Å². The van der Waals surface area contributed by atoms with E-state index in [9.17, 15) is 16.8 Å². The second kappa shape index (κ2) is 7.97. The zero-order chi connectivity index (χ0) is 18.8. The van der Waals surface area contributed by atoms with Crippen LogP contribution in [0.25, 0.3) is 0 Å². The number of sulfonamides is 2. The molecule has 2 aliphatic heterocycles. The Morgan fingerprint density at radius 2 is 1.77 bits per heavy atom. The van der Waals surface area contributed by atoms with Crippen molar-refractivity contribution in [2.24, 2.45) is 0 Å². The number of likely N-dealkylation sites (tertiary alicyclic amines) is 1. The van der Waals surface area contributed by atoms with E-state index >= 15 is 0 Å². The molecule has 1 N–H and O–H groups in total. The van der Waals surface area contributed by atoms with Crippen LogP contribution in [0.3, 0.4) is 0 Å². The van der Waals surface area contributed by atoms with E-state index in [0.717, 1.165) is 44.9 Å². The first-order valence-corrected chi connectivity index (χ1v) is 12.4.